The van der Waals surface area contributed by atoms with Crippen LogP contribution in [0.3, 0.4) is 0 Å². The van der Waals surface area contributed by atoms with Crippen LogP contribution in [0.5, 0.6) is 0 Å². The van der Waals surface area contributed by atoms with Crippen LogP contribution in [0.25, 0.3) is 0 Å². The maximum Gasteiger partial charge on any atom is 0.227 e. The summed E-state index contributed by atoms with van der Waals surface area (Å²) in [6.07, 6.45) is 6.01. The average Bonchev–Trinajstić information content (AvgIpc) is 2.62. The summed E-state index contributed by atoms with van der Waals surface area (Å²) in [7, 11) is 0. The molecule has 1 aliphatic heterocycles. The third-order valence-corrected chi connectivity index (χ3v) is 2.75. The Bertz CT molecular complexity index is 254. The van der Waals surface area contributed by atoms with Gasteiger partial charge >= 0.3 is 0 Å². The molecule has 0 saturated carbocycles. The molecule has 1 aromatic heterocycles. The molecule has 0 radical (unpaired) electrons. The Hall–Kier alpha value is -0.940. The molecule has 0 amide bonds. The molecule has 5 nitrogen and oxygen atoms in total. The fraction of sp³-hybridized carbons (Fsp3) is 0.800. The molecule has 15 heavy (non-hydrogen) atoms. The van der Waals surface area contributed by atoms with Crippen LogP contribution in [0.2, 0.25) is 0 Å². The number of hydrogen-bond acceptors (Lipinski definition) is 5. The Balaban J connectivity index is 1.64. The minimum atomic E-state index is 0.642. The van der Waals surface area contributed by atoms with Crippen molar-refractivity contribution in [2.45, 2.75) is 31.7 Å². The predicted octanol–water partition coefficient (Wildman–Crippen LogP) is 0.344. The zero-order chi connectivity index (χ0) is 10.3. The molecular weight excluding hydrogens is 192 g/mol. The first-order chi connectivity index (χ1) is 7.45. The van der Waals surface area contributed by atoms with Crippen LogP contribution >= 0.6 is 0 Å². The third-order valence-electron chi connectivity index (χ3n) is 2.75. The minimum Gasteiger partial charge on any atom is -0.340 e. The quantitative estimate of drug-likeness (QED) is 0.750. The standard InChI is InChI=1S/C10H18N4O/c1-2-9(3-6-11-5-1)12-7-4-10-13-8-14-15-10/h8-9,11-12H,1-7H2. The first-order valence-corrected chi connectivity index (χ1v) is 5.65. The monoisotopic (exact) mass is 210 g/mol. The second-order valence-electron chi connectivity index (χ2n) is 3.92. The average molecular weight is 210 g/mol. The van der Waals surface area contributed by atoms with Gasteiger partial charge in [0.05, 0.1) is 0 Å². The highest BCUT2D eigenvalue weighted by Crippen LogP contribution is 2.04. The van der Waals surface area contributed by atoms with Crippen molar-refractivity contribution in [1.82, 2.24) is 20.8 Å². The summed E-state index contributed by atoms with van der Waals surface area (Å²) in [5, 5.41) is 10.5. The lowest BCUT2D eigenvalue weighted by molar-refractivity contribution is 0.368. The normalized spacial score (nSPS) is 22.5. The molecular formula is C10H18N4O. The van der Waals surface area contributed by atoms with Gasteiger partial charge in [0, 0.05) is 19.0 Å². The molecule has 0 aromatic carbocycles. The van der Waals surface area contributed by atoms with Gasteiger partial charge in [0.15, 0.2) is 6.33 Å². The van der Waals surface area contributed by atoms with Crippen molar-refractivity contribution in [2.24, 2.45) is 0 Å². The van der Waals surface area contributed by atoms with Gasteiger partial charge in [-0.25, -0.2) is 0 Å². The Morgan fingerprint density at radius 2 is 2.47 bits per heavy atom. The number of nitrogens with one attached hydrogen (secondary N) is 2. The van der Waals surface area contributed by atoms with Gasteiger partial charge in [-0.1, -0.05) is 5.16 Å². The lowest BCUT2D eigenvalue weighted by atomic mass is 10.1. The van der Waals surface area contributed by atoms with E-state index in [0.717, 1.165) is 26.1 Å². The predicted molar refractivity (Wildman–Crippen MR) is 56.5 cm³/mol. The summed E-state index contributed by atoms with van der Waals surface area (Å²) in [5.41, 5.74) is 0. The minimum absolute atomic E-state index is 0.642. The smallest absolute Gasteiger partial charge is 0.227 e. The van der Waals surface area contributed by atoms with Gasteiger partial charge in [-0.15, -0.1) is 0 Å². The van der Waals surface area contributed by atoms with Crippen LogP contribution in [-0.2, 0) is 6.42 Å². The van der Waals surface area contributed by atoms with Gasteiger partial charge in [0.2, 0.25) is 5.89 Å². The topological polar surface area (TPSA) is 63.0 Å². The van der Waals surface area contributed by atoms with E-state index in [0.29, 0.717) is 11.9 Å². The van der Waals surface area contributed by atoms with Gasteiger partial charge in [-0.2, -0.15) is 4.98 Å². The van der Waals surface area contributed by atoms with Gasteiger partial charge in [0.1, 0.15) is 0 Å². The van der Waals surface area contributed by atoms with E-state index in [-0.39, 0.29) is 0 Å². The van der Waals surface area contributed by atoms with Crippen molar-refractivity contribution >= 4 is 0 Å². The van der Waals surface area contributed by atoms with E-state index >= 15 is 0 Å². The highest BCUT2D eigenvalue weighted by Gasteiger charge is 2.10. The van der Waals surface area contributed by atoms with Gasteiger partial charge in [-0.05, 0) is 32.4 Å². The van der Waals surface area contributed by atoms with E-state index in [2.05, 4.69) is 20.8 Å². The first kappa shape index (κ1) is 10.6. The summed E-state index contributed by atoms with van der Waals surface area (Å²) in [6, 6.07) is 0.642. The molecule has 5 heteroatoms. The SMILES string of the molecule is c1noc(CCNC2CCCNCC2)n1. The van der Waals surface area contributed by atoms with E-state index in [1.807, 2.05) is 0 Å². The Morgan fingerprint density at radius 3 is 3.33 bits per heavy atom. The van der Waals surface area contributed by atoms with Crippen molar-refractivity contribution in [3.05, 3.63) is 12.2 Å². The first-order valence-electron chi connectivity index (χ1n) is 5.65. The number of nitrogens with zero attached hydrogens (tertiary/aromatic N) is 2. The molecule has 1 unspecified atom stereocenters. The lowest BCUT2D eigenvalue weighted by Gasteiger charge is -2.14. The Morgan fingerprint density at radius 1 is 1.47 bits per heavy atom. The van der Waals surface area contributed by atoms with Crippen molar-refractivity contribution < 1.29 is 4.52 Å². The van der Waals surface area contributed by atoms with Gasteiger partial charge in [0.25, 0.3) is 0 Å². The molecule has 2 heterocycles. The summed E-state index contributed by atoms with van der Waals surface area (Å²) >= 11 is 0. The third kappa shape index (κ3) is 3.60. The number of aromatic nitrogens is 2. The van der Waals surface area contributed by atoms with Crippen molar-refractivity contribution in [1.29, 1.82) is 0 Å². The number of hydrogen-bond donors (Lipinski definition) is 2. The van der Waals surface area contributed by atoms with Gasteiger partial charge < -0.3 is 15.2 Å². The molecule has 1 aromatic rings. The van der Waals surface area contributed by atoms with E-state index < -0.39 is 0 Å². The van der Waals surface area contributed by atoms with Crippen LogP contribution in [0.15, 0.2) is 10.9 Å². The Labute approximate surface area is 89.6 Å². The zero-order valence-electron chi connectivity index (χ0n) is 8.91. The Kier molecular flexibility index (Phi) is 4.11. The maximum atomic E-state index is 4.93. The van der Waals surface area contributed by atoms with E-state index in [1.165, 1.54) is 25.6 Å². The largest absolute Gasteiger partial charge is 0.340 e. The second kappa shape index (κ2) is 5.82. The molecule has 0 spiro atoms. The second-order valence-corrected chi connectivity index (χ2v) is 3.92. The van der Waals surface area contributed by atoms with Crippen molar-refractivity contribution in [3.63, 3.8) is 0 Å². The molecule has 1 fully saturated rings. The van der Waals surface area contributed by atoms with E-state index in [1.54, 1.807) is 0 Å². The van der Waals surface area contributed by atoms with Crippen LogP contribution in [0, 0.1) is 0 Å². The molecule has 1 aliphatic rings. The molecule has 2 rings (SSSR count). The lowest BCUT2D eigenvalue weighted by Crippen LogP contribution is -2.31. The molecule has 1 atom stereocenters. The summed E-state index contributed by atoms with van der Waals surface area (Å²) < 4.78 is 4.93. The highest BCUT2D eigenvalue weighted by molar-refractivity contribution is 4.78. The summed E-state index contributed by atoms with van der Waals surface area (Å²) in [6.45, 7) is 3.20. The molecule has 1 saturated heterocycles. The number of rotatable bonds is 4. The van der Waals surface area contributed by atoms with Crippen LogP contribution < -0.4 is 10.6 Å². The fourth-order valence-corrected chi connectivity index (χ4v) is 1.91. The van der Waals surface area contributed by atoms with Crippen molar-refractivity contribution in [2.75, 3.05) is 19.6 Å². The highest BCUT2D eigenvalue weighted by atomic mass is 16.5. The fourth-order valence-electron chi connectivity index (χ4n) is 1.91. The zero-order valence-corrected chi connectivity index (χ0v) is 8.91. The molecule has 84 valence electrons. The van der Waals surface area contributed by atoms with Crippen LogP contribution in [0.4, 0.5) is 0 Å². The van der Waals surface area contributed by atoms with Crippen LogP contribution in [0.1, 0.15) is 25.2 Å². The summed E-state index contributed by atoms with van der Waals surface area (Å²) in [4.78, 5) is 3.99. The molecule has 2 N–H and O–H groups in total. The van der Waals surface area contributed by atoms with E-state index in [9.17, 15) is 0 Å². The summed E-state index contributed by atoms with van der Waals surface area (Å²) in [5.74, 6) is 0.717. The molecule has 0 aliphatic carbocycles. The van der Waals surface area contributed by atoms with Crippen molar-refractivity contribution in [3.8, 4) is 0 Å². The van der Waals surface area contributed by atoms with Gasteiger partial charge in [-0.3, -0.25) is 0 Å². The molecule has 0 bridgehead atoms. The van der Waals surface area contributed by atoms with E-state index in [4.69, 9.17) is 4.52 Å². The van der Waals surface area contributed by atoms with Crippen LogP contribution in [-0.4, -0.2) is 35.8 Å². The maximum absolute atomic E-state index is 4.93.